The van der Waals surface area contributed by atoms with Gasteiger partial charge in [0.25, 0.3) is 5.91 Å². The van der Waals surface area contributed by atoms with E-state index in [9.17, 15) is 14.3 Å². The molecule has 0 spiro atoms. The number of nitrogens with one attached hydrogen (secondary N) is 2. The molecule has 0 aliphatic heterocycles. The van der Waals surface area contributed by atoms with E-state index >= 15 is 0 Å². The predicted molar refractivity (Wildman–Crippen MR) is 118 cm³/mol. The third kappa shape index (κ3) is 4.41. The Morgan fingerprint density at radius 2 is 2.12 bits per heavy atom. The minimum atomic E-state index is -1.60. The van der Waals surface area contributed by atoms with Crippen molar-refractivity contribution >= 4 is 22.6 Å². The summed E-state index contributed by atoms with van der Waals surface area (Å²) in [6, 6.07) is 7.44. The number of carbonyl (C=O) groups excluding carboxylic acids is 1. The van der Waals surface area contributed by atoms with Gasteiger partial charge in [0, 0.05) is 35.6 Å². The van der Waals surface area contributed by atoms with Crippen LogP contribution in [0.25, 0.3) is 16.9 Å². The molecular weight excluding hydrogens is 411 g/mol. The van der Waals surface area contributed by atoms with Gasteiger partial charge in [-0.05, 0) is 45.7 Å². The molecule has 0 aromatic carbocycles. The number of halogens is 1. The van der Waals surface area contributed by atoms with E-state index in [4.69, 9.17) is 5.26 Å². The SMILES string of the molecule is CC1(Nc2cc(-n3ccc4cc(C#N)cnc43)ncc2C(=O)NCC(F)C(C)(C)O)CC1. The molecule has 1 atom stereocenters. The molecule has 0 bridgehead atoms. The molecule has 1 fully saturated rings. The number of rotatable bonds is 7. The lowest BCUT2D eigenvalue weighted by Gasteiger charge is -2.23. The monoisotopic (exact) mass is 436 g/mol. The van der Waals surface area contributed by atoms with Crippen molar-refractivity contribution in [2.45, 2.75) is 50.9 Å². The van der Waals surface area contributed by atoms with Crippen molar-refractivity contribution in [1.82, 2.24) is 19.9 Å². The summed E-state index contributed by atoms with van der Waals surface area (Å²) in [5.74, 6) is 0.0808. The maximum Gasteiger partial charge on any atom is 0.255 e. The van der Waals surface area contributed by atoms with Crippen molar-refractivity contribution < 1.29 is 14.3 Å². The Kier molecular flexibility index (Phi) is 5.34. The van der Waals surface area contributed by atoms with E-state index in [1.54, 1.807) is 22.9 Å². The number of aromatic nitrogens is 3. The highest BCUT2D eigenvalue weighted by molar-refractivity contribution is 5.99. The van der Waals surface area contributed by atoms with Crippen LogP contribution in [0.1, 0.15) is 49.5 Å². The molecule has 3 heterocycles. The fourth-order valence-electron chi connectivity index (χ4n) is 3.30. The van der Waals surface area contributed by atoms with Gasteiger partial charge in [-0.25, -0.2) is 14.4 Å². The number of nitrogens with zero attached hydrogens (tertiary/aromatic N) is 4. The molecule has 3 aromatic rings. The smallest absolute Gasteiger partial charge is 0.255 e. The summed E-state index contributed by atoms with van der Waals surface area (Å²) in [5, 5.41) is 25.6. The van der Waals surface area contributed by atoms with E-state index in [0.29, 0.717) is 28.3 Å². The Morgan fingerprint density at radius 1 is 1.38 bits per heavy atom. The number of fused-ring (bicyclic) bond motifs is 1. The number of anilines is 1. The molecule has 3 N–H and O–H groups in total. The Bertz CT molecular complexity index is 1220. The van der Waals surface area contributed by atoms with E-state index in [-0.39, 0.29) is 12.1 Å². The van der Waals surface area contributed by atoms with Crippen molar-refractivity contribution in [1.29, 1.82) is 5.26 Å². The van der Waals surface area contributed by atoms with Gasteiger partial charge in [0.2, 0.25) is 0 Å². The van der Waals surface area contributed by atoms with Gasteiger partial charge in [-0.3, -0.25) is 9.36 Å². The number of hydrogen-bond donors (Lipinski definition) is 3. The molecule has 0 radical (unpaired) electrons. The van der Waals surface area contributed by atoms with Crippen LogP contribution in [0.15, 0.2) is 36.8 Å². The van der Waals surface area contributed by atoms with Gasteiger partial charge in [0.05, 0.1) is 29.0 Å². The fourth-order valence-corrected chi connectivity index (χ4v) is 3.30. The normalized spacial score (nSPS) is 15.8. The summed E-state index contributed by atoms with van der Waals surface area (Å²) in [5.41, 5.74) is 0.329. The van der Waals surface area contributed by atoms with Crippen LogP contribution in [0.3, 0.4) is 0 Å². The first kappa shape index (κ1) is 21.7. The van der Waals surface area contributed by atoms with Gasteiger partial charge in [-0.2, -0.15) is 5.26 Å². The number of hydrogen-bond acceptors (Lipinski definition) is 6. The molecule has 166 valence electrons. The van der Waals surface area contributed by atoms with Gasteiger partial charge in [0.15, 0.2) is 0 Å². The molecule has 4 rings (SSSR count). The lowest BCUT2D eigenvalue weighted by Crippen LogP contribution is -2.42. The van der Waals surface area contributed by atoms with Crippen LogP contribution in [-0.2, 0) is 0 Å². The number of nitriles is 1. The Morgan fingerprint density at radius 3 is 2.78 bits per heavy atom. The van der Waals surface area contributed by atoms with Crippen molar-refractivity contribution in [3.63, 3.8) is 0 Å². The molecule has 1 unspecified atom stereocenters. The first-order valence-corrected chi connectivity index (χ1v) is 10.4. The number of amides is 1. The third-order valence-electron chi connectivity index (χ3n) is 5.68. The van der Waals surface area contributed by atoms with Gasteiger partial charge in [-0.1, -0.05) is 0 Å². The highest BCUT2D eigenvalue weighted by Crippen LogP contribution is 2.39. The minimum Gasteiger partial charge on any atom is -0.387 e. The highest BCUT2D eigenvalue weighted by atomic mass is 19.1. The molecule has 1 amide bonds. The molecule has 3 aromatic heterocycles. The van der Waals surface area contributed by atoms with Crippen LogP contribution in [0.2, 0.25) is 0 Å². The van der Waals surface area contributed by atoms with Crippen LogP contribution >= 0.6 is 0 Å². The molecule has 1 saturated carbocycles. The maximum absolute atomic E-state index is 14.1. The molecule has 32 heavy (non-hydrogen) atoms. The van der Waals surface area contributed by atoms with E-state index in [1.165, 1.54) is 26.2 Å². The Balaban J connectivity index is 1.66. The summed E-state index contributed by atoms with van der Waals surface area (Å²) in [4.78, 5) is 21.6. The number of pyridine rings is 2. The van der Waals surface area contributed by atoms with Crippen molar-refractivity contribution in [3.05, 3.63) is 47.9 Å². The van der Waals surface area contributed by atoms with E-state index < -0.39 is 17.7 Å². The molecule has 1 aliphatic carbocycles. The van der Waals surface area contributed by atoms with Crippen molar-refractivity contribution in [2.24, 2.45) is 0 Å². The van der Waals surface area contributed by atoms with Gasteiger partial charge in [-0.15, -0.1) is 0 Å². The van der Waals surface area contributed by atoms with Gasteiger partial charge in [0.1, 0.15) is 23.7 Å². The first-order valence-electron chi connectivity index (χ1n) is 10.4. The minimum absolute atomic E-state index is 0.109. The largest absolute Gasteiger partial charge is 0.387 e. The van der Waals surface area contributed by atoms with Crippen LogP contribution in [0.4, 0.5) is 10.1 Å². The molecule has 1 aliphatic rings. The molecule has 0 saturated heterocycles. The quantitative estimate of drug-likeness (QED) is 0.524. The topological polar surface area (TPSA) is 116 Å². The Hall–Kier alpha value is -3.51. The molecule has 8 nitrogen and oxygen atoms in total. The highest BCUT2D eigenvalue weighted by Gasteiger charge is 2.38. The number of alkyl halides is 1. The summed E-state index contributed by atoms with van der Waals surface area (Å²) in [6.07, 6.45) is 5.10. The second kappa shape index (κ2) is 7.88. The molecule has 9 heteroatoms. The zero-order valence-electron chi connectivity index (χ0n) is 18.2. The van der Waals surface area contributed by atoms with Crippen LogP contribution in [-0.4, -0.2) is 49.4 Å². The average Bonchev–Trinajstić information content (AvgIpc) is 3.32. The second-order valence-electron chi connectivity index (χ2n) is 9.04. The molecular formula is C23H25FN6O2. The van der Waals surface area contributed by atoms with E-state index in [0.717, 1.165) is 18.2 Å². The number of aliphatic hydroxyl groups is 1. The van der Waals surface area contributed by atoms with Gasteiger partial charge >= 0.3 is 0 Å². The average molecular weight is 436 g/mol. The van der Waals surface area contributed by atoms with Crippen molar-refractivity contribution in [2.75, 3.05) is 11.9 Å². The third-order valence-corrected chi connectivity index (χ3v) is 5.68. The summed E-state index contributed by atoms with van der Waals surface area (Å²) in [6.45, 7) is 4.47. The zero-order chi connectivity index (χ0) is 23.1. The number of carbonyl (C=O) groups is 1. The first-order chi connectivity index (χ1) is 15.1. The van der Waals surface area contributed by atoms with Crippen LogP contribution in [0.5, 0.6) is 0 Å². The van der Waals surface area contributed by atoms with E-state index in [2.05, 4.69) is 33.6 Å². The summed E-state index contributed by atoms with van der Waals surface area (Å²) >= 11 is 0. The van der Waals surface area contributed by atoms with Crippen LogP contribution < -0.4 is 10.6 Å². The van der Waals surface area contributed by atoms with Crippen molar-refractivity contribution in [3.8, 4) is 11.9 Å². The van der Waals surface area contributed by atoms with E-state index in [1.807, 2.05) is 6.07 Å². The Labute approximate surface area is 185 Å². The standard InChI is InChI=1S/C23H25FN6O2/c1-22(2,32)18(24)13-28-21(31)16-12-26-19(9-17(16)29-23(3)5-6-23)30-7-4-15-8-14(10-25)11-27-20(15)30/h4,7-9,11-12,18,32H,5-6,13H2,1-3H3,(H,26,29)(H,28,31). The lowest BCUT2D eigenvalue weighted by atomic mass is 10.0. The predicted octanol–water partition coefficient (Wildman–Crippen LogP) is 3.10. The van der Waals surface area contributed by atoms with Gasteiger partial charge < -0.3 is 15.7 Å². The summed E-state index contributed by atoms with van der Waals surface area (Å²) < 4.78 is 15.9. The second-order valence-corrected chi connectivity index (χ2v) is 9.04. The zero-order valence-corrected chi connectivity index (χ0v) is 18.2. The maximum atomic E-state index is 14.1. The lowest BCUT2D eigenvalue weighted by molar-refractivity contribution is -0.00177. The van der Waals surface area contributed by atoms with Crippen LogP contribution in [0, 0.1) is 11.3 Å². The fraction of sp³-hybridized carbons (Fsp3) is 0.391. The summed E-state index contributed by atoms with van der Waals surface area (Å²) in [7, 11) is 0.